The summed E-state index contributed by atoms with van der Waals surface area (Å²) in [5, 5.41) is 76.8. The normalized spacial score (nSPS) is 51.7. The Kier molecular flexibility index (Phi) is 6.27. The summed E-state index contributed by atoms with van der Waals surface area (Å²) in [4.78, 5) is 0. The highest BCUT2D eigenvalue weighted by molar-refractivity contribution is 4.93. The van der Waals surface area contributed by atoms with Crippen LogP contribution < -0.4 is 0 Å². The van der Waals surface area contributed by atoms with E-state index in [1.165, 1.54) is 0 Å². The van der Waals surface area contributed by atoms with E-state index in [0.29, 0.717) is 0 Å². The van der Waals surface area contributed by atoms with Crippen molar-refractivity contribution < 1.29 is 55.1 Å². The van der Waals surface area contributed by atoms with Crippen molar-refractivity contribution in [1.29, 1.82) is 0 Å². The number of aliphatic hydroxyl groups is 8. The lowest BCUT2D eigenvalue weighted by Gasteiger charge is -2.45. The second-order valence-electron chi connectivity index (χ2n) is 5.53. The van der Waals surface area contributed by atoms with Gasteiger partial charge in [-0.05, 0) is 0 Å². The fraction of sp³-hybridized carbons (Fsp3) is 1.00. The highest BCUT2D eigenvalue weighted by atomic mass is 16.7. The first kappa shape index (κ1) is 18.9. The molecule has 0 aliphatic carbocycles. The van der Waals surface area contributed by atoms with E-state index in [1.807, 2.05) is 0 Å². The molecule has 2 heterocycles. The zero-order chi connectivity index (χ0) is 17.3. The van der Waals surface area contributed by atoms with Crippen LogP contribution in [0, 0.1) is 0 Å². The smallest absolute Gasteiger partial charge is 0.187 e. The zero-order valence-corrected chi connectivity index (χ0v) is 12.0. The fourth-order valence-electron chi connectivity index (χ4n) is 2.56. The van der Waals surface area contributed by atoms with E-state index in [4.69, 9.17) is 24.4 Å². The molecule has 0 aromatic rings. The molecule has 2 aliphatic heterocycles. The van der Waals surface area contributed by atoms with Crippen LogP contribution >= 0.6 is 0 Å². The van der Waals surface area contributed by atoms with Gasteiger partial charge in [-0.3, -0.25) is 0 Å². The van der Waals surface area contributed by atoms with E-state index in [2.05, 4.69) is 0 Å². The monoisotopic (exact) mass is 342 g/mol. The topological polar surface area (TPSA) is 190 Å². The third-order valence-corrected chi connectivity index (χ3v) is 3.98. The molecular formula is C12H22O11. The summed E-state index contributed by atoms with van der Waals surface area (Å²) in [7, 11) is 0. The standard InChI is InChI=1S/C12H22O11/c13-1-3-5(15)7(17)8(18)12(22-3)23-10-6(16)4(2-14)21-11(20)9(10)19/h3-20H,1-2H2/t3?,4?,5-,6+,7?,8?,9?,10?,11-,12-/m0/s1. The average molecular weight is 342 g/mol. The van der Waals surface area contributed by atoms with Gasteiger partial charge in [0, 0.05) is 0 Å². The van der Waals surface area contributed by atoms with Crippen molar-refractivity contribution in [3.8, 4) is 0 Å². The first-order valence-corrected chi connectivity index (χ1v) is 7.08. The predicted molar refractivity (Wildman–Crippen MR) is 68.6 cm³/mol. The van der Waals surface area contributed by atoms with Crippen LogP contribution in [0.5, 0.6) is 0 Å². The van der Waals surface area contributed by atoms with E-state index in [1.54, 1.807) is 0 Å². The van der Waals surface area contributed by atoms with Crippen LogP contribution in [0.3, 0.4) is 0 Å². The molecule has 0 saturated carbocycles. The van der Waals surface area contributed by atoms with Gasteiger partial charge in [-0.2, -0.15) is 0 Å². The minimum atomic E-state index is -1.76. The van der Waals surface area contributed by atoms with Gasteiger partial charge in [-0.15, -0.1) is 0 Å². The van der Waals surface area contributed by atoms with Crippen molar-refractivity contribution in [2.45, 2.75) is 61.4 Å². The Hall–Kier alpha value is -0.440. The molecule has 0 radical (unpaired) electrons. The largest absolute Gasteiger partial charge is 0.394 e. The van der Waals surface area contributed by atoms with Gasteiger partial charge in [0.2, 0.25) is 0 Å². The van der Waals surface area contributed by atoms with Crippen molar-refractivity contribution >= 4 is 0 Å². The quantitative estimate of drug-likeness (QED) is 0.243. The Morgan fingerprint density at radius 3 is 1.78 bits per heavy atom. The van der Waals surface area contributed by atoms with E-state index in [9.17, 15) is 30.6 Å². The predicted octanol–water partition coefficient (Wildman–Crippen LogP) is -5.40. The van der Waals surface area contributed by atoms with Crippen LogP contribution in [-0.4, -0.2) is 115 Å². The van der Waals surface area contributed by atoms with Crippen LogP contribution in [0.2, 0.25) is 0 Å². The molecule has 0 aromatic carbocycles. The van der Waals surface area contributed by atoms with Gasteiger partial charge < -0.3 is 55.1 Å². The van der Waals surface area contributed by atoms with Crippen molar-refractivity contribution in [3.63, 3.8) is 0 Å². The Morgan fingerprint density at radius 1 is 0.652 bits per heavy atom. The lowest BCUT2D eigenvalue weighted by atomic mass is 9.97. The summed E-state index contributed by atoms with van der Waals surface area (Å²) in [5.41, 5.74) is 0. The van der Waals surface area contributed by atoms with E-state index in [-0.39, 0.29) is 0 Å². The summed E-state index contributed by atoms with van der Waals surface area (Å²) < 4.78 is 15.1. The molecular weight excluding hydrogens is 320 g/mol. The summed E-state index contributed by atoms with van der Waals surface area (Å²) in [5.74, 6) is 0. The molecule has 0 aromatic heterocycles. The van der Waals surface area contributed by atoms with Crippen molar-refractivity contribution in [2.75, 3.05) is 13.2 Å². The molecule has 2 rings (SSSR count). The molecule has 2 aliphatic rings. The minimum absolute atomic E-state index is 0.667. The number of rotatable bonds is 4. The number of hydrogen-bond donors (Lipinski definition) is 8. The highest BCUT2D eigenvalue weighted by Gasteiger charge is 2.50. The Bertz CT molecular complexity index is 380. The first-order valence-electron chi connectivity index (χ1n) is 7.08. The van der Waals surface area contributed by atoms with E-state index < -0.39 is 74.6 Å². The van der Waals surface area contributed by atoms with Gasteiger partial charge in [0.25, 0.3) is 0 Å². The molecule has 0 bridgehead atoms. The molecule has 11 nitrogen and oxygen atoms in total. The van der Waals surface area contributed by atoms with Crippen LogP contribution in [0.15, 0.2) is 0 Å². The third-order valence-electron chi connectivity index (χ3n) is 3.98. The molecule has 23 heavy (non-hydrogen) atoms. The van der Waals surface area contributed by atoms with E-state index in [0.717, 1.165) is 0 Å². The fourth-order valence-corrected chi connectivity index (χ4v) is 2.56. The minimum Gasteiger partial charge on any atom is -0.394 e. The van der Waals surface area contributed by atoms with Crippen LogP contribution in [0.4, 0.5) is 0 Å². The lowest BCUT2D eigenvalue weighted by molar-refractivity contribution is -0.355. The summed E-state index contributed by atoms with van der Waals surface area (Å²) in [6.45, 7) is -1.34. The Balaban J connectivity index is 2.11. The molecule has 0 amide bonds. The SMILES string of the molecule is OCC1O[C@H](O)C(O)C(O[C@@H]2OC(CO)[C@H](O)C(O)C2O)[C@@H]1O. The summed E-state index contributed by atoms with van der Waals surface area (Å²) in [6, 6.07) is 0. The Morgan fingerprint density at radius 2 is 1.22 bits per heavy atom. The molecule has 2 fully saturated rings. The zero-order valence-electron chi connectivity index (χ0n) is 12.0. The van der Waals surface area contributed by atoms with Crippen molar-refractivity contribution in [3.05, 3.63) is 0 Å². The van der Waals surface area contributed by atoms with Gasteiger partial charge in [-0.25, -0.2) is 0 Å². The molecule has 6 unspecified atom stereocenters. The van der Waals surface area contributed by atoms with E-state index >= 15 is 0 Å². The number of hydrogen-bond acceptors (Lipinski definition) is 11. The highest BCUT2D eigenvalue weighted by Crippen LogP contribution is 2.28. The van der Waals surface area contributed by atoms with Gasteiger partial charge in [0.05, 0.1) is 13.2 Å². The van der Waals surface area contributed by atoms with Gasteiger partial charge in [-0.1, -0.05) is 0 Å². The third kappa shape index (κ3) is 3.65. The maximum absolute atomic E-state index is 10.00. The number of ether oxygens (including phenoxy) is 3. The van der Waals surface area contributed by atoms with Crippen LogP contribution in [0.25, 0.3) is 0 Å². The van der Waals surface area contributed by atoms with Gasteiger partial charge in [0.1, 0.15) is 48.8 Å². The molecule has 10 atom stereocenters. The molecule has 2 saturated heterocycles. The first-order chi connectivity index (χ1) is 10.8. The lowest BCUT2D eigenvalue weighted by Crippen LogP contribution is -2.64. The maximum atomic E-state index is 10.00. The number of aliphatic hydroxyl groups excluding tert-OH is 8. The van der Waals surface area contributed by atoms with Crippen molar-refractivity contribution in [2.24, 2.45) is 0 Å². The molecule has 11 heteroatoms. The van der Waals surface area contributed by atoms with Crippen LogP contribution in [0.1, 0.15) is 0 Å². The summed E-state index contributed by atoms with van der Waals surface area (Å²) >= 11 is 0. The second-order valence-corrected chi connectivity index (χ2v) is 5.53. The molecule has 136 valence electrons. The van der Waals surface area contributed by atoms with Crippen molar-refractivity contribution in [1.82, 2.24) is 0 Å². The maximum Gasteiger partial charge on any atom is 0.187 e. The van der Waals surface area contributed by atoms with Gasteiger partial charge >= 0.3 is 0 Å². The Labute approximate surface area is 130 Å². The molecule has 8 N–H and O–H groups in total. The second kappa shape index (κ2) is 7.63. The molecule has 0 spiro atoms. The summed E-state index contributed by atoms with van der Waals surface area (Å²) in [6.07, 6.45) is -15.7. The van der Waals surface area contributed by atoms with Crippen LogP contribution in [-0.2, 0) is 14.2 Å². The average Bonchev–Trinajstić information content (AvgIpc) is 2.54. The van der Waals surface area contributed by atoms with Gasteiger partial charge in [0.15, 0.2) is 12.6 Å².